The van der Waals surface area contributed by atoms with Gasteiger partial charge in [0, 0.05) is 16.7 Å². The monoisotopic (exact) mass is 640 g/mol. The first kappa shape index (κ1) is 28.3. The Bertz CT molecular complexity index is 1550. The number of halogens is 5. The highest BCUT2D eigenvalue weighted by atomic mass is 79.9. The molecule has 0 spiro atoms. The van der Waals surface area contributed by atoms with E-state index in [1.54, 1.807) is 0 Å². The fourth-order valence-electron chi connectivity index (χ4n) is 3.39. The number of Topliss-reactive ketones (excluding diaryl/α,β-unsaturated/α-hetero) is 1. The molecule has 0 saturated carbocycles. The molecule has 0 atom stereocenters. The van der Waals surface area contributed by atoms with Crippen molar-refractivity contribution in [1.82, 2.24) is 4.90 Å². The number of nitrogens with zero attached hydrogens (tertiary/aromatic N) is 2. The van der Waals surface area contributed by atoms with Gasteiger partial charge in [0.15, 0.2) is 5.78 Å². The topological polar surface area (TPSA) is 107 Å². The normalized spacial score (nSPS) is 14.7. The van der Waals surface area contributed by atoms with Gasteiger partial charge in [0.2, 0.25) is 5.75 Å². The molecule has 3 aromatic rings. The number of amides is 2. The van der Waals surface area contributed by atoms with E-state index in [1.807, 2.05) is 0 Å². The van der Waals surface area contributed by atoms with Gasteiger partial charge in [-0.2, -0.15) is 13.2 Å². The van der Waals surface area contributed by atoms with Crippen LogP contribution < -0.4 is 4.74 Å². The van der Waals surface area contributed by atoms with E-state index in [2.05, 4.69) is 15.9 Å². The molecule has 0 bridgehead atoms. The third-order valence-electron chi connectivity index (χ3n) is 5.30. The third-order valence-corrected chi connectivity index (χ3v) is 7.08. The standard InChI is InChI=1S/C25H13BrClF3N2O6S/c26-17-9-13(1-7-20(17)38-21-8-4-15(25(28,29)30)11-18(21)32(36)37)10-22-23(34)31(24(35)39-22)12-19(33)14-2-5-16(27)6-3-14/h1-11H,12H2/b22-10+. The number of carbonyl (C=O) groups excluding carboxylic acids is 3. The van der Waals surface area contributed by atoms with Crippen molar-refractivity contribution in [2.24, 2.45) is 0 Å². The number of imide groups is 1. The van der Waals surface area contributed by atoms with Gasteiger partial charge < -0.3 is 4.74 Å². The zero-order valence-electron chi connectivity index (χ0n) is 19.2. The number of ketones is 1. The summed E-state index contributed by atoms with van der Waals surface area (Å²) in [6, 6.07) is 12.2. The summed E-state index contributed by atoms with van der Waals surface area (Å²) in [5.41, 5.74) is -1.34. The smallest absolute Gasteiger partial charge is 0.416 e. The van der Waals surface area contributed by atoms with Gasteiger partial charge in [-0.1, -0.05) is 17.7 Å². The zero-order chi connectivity index (χ0) is 28.5. The van der Waals surface area contributed by atoms with Crippen LogP contribution in [-0.2, 0) is 11.0 Å². The van der Waals surface area contributed by atoms with E-state index in [0.717, 1.165) is 11.0 Å². The number of nitro groups is 1. The molecular formula is C25H13BrClF3N2O6S. The van der Waals surface area contributed by atoms with Crippen molar-refractivity contribution in [3.8, 4) is 11.5 Å². The van der Waals surface area contributed by atoms with Crippen LogP contribution in [-0.4, -0.2) is 33.3 Å². The van der Waals surface area contributed by atoms with E-state index in [0.29, 0.717) is 34.5 Å². The molecule has 8 nitrogen and oxygen atoms in total. The molecule has 2 amide bonds. The third kappa shape index (κ3) is 6.49. The van der Waals surface area contributed by atoms with Crippen molar-refractivity contribution in [2.75, 3.05) is 6.54 Å². The Hall–Kier alpha value is -3.68. The van der Waals surface area contributed by atoms with Gasteiger partial charge in [-0.05, 0) is 87.9 Å². The van der Waals surface area contributed by atoms with Crippen molar-refractivity contribution in [2.45, 2.75) is 6.18 Å². The number of rotatable bonds is 7. The van der Waals surface area contributed by atoms with Crippen LogP contribution in [0.5, 0.6) is 11.5 Å². The minimum Gasteiger partial charge on any atom is -0.449 e. The molecule has 1 heterocycles. The first-order valence-electron chi connectivity index (χ1n) is 10.7. The maximum Gasteiger partial charge on any atom is 0.416 e. The van der Waals surface area contributed by atoms with Gasteiger partial charge in [0.25, 0.3) is 11.1 Å². The predicted molar refractivity (Wildman–Crippen MR) is 141 cm³/mol. The lowest BCUT2D eigenvalue weighted by Crippen LogP contribution is -2.33. The fourth-order valence-corrected chi connectivity index (χ4v) is 4.83. The molecule has 0 unspecified atom stereocenters. The highest BCUT2D eigenvalue weighted by Crippen LogP contribution is 2.40. The Balaban J connectivity index is 1.51. The molecule has 0 aromatic heterocycles. The summed E-state index contributed by atoms with van der Waals surface area (Å²) in [5.74, 6) is -1.47. The van der Waals surface area contributed by atoms with E-state index >= 15 is 0 Å². The predicted octanol–water partition coefficient (Wildman–Crippen LogP) is 7.74. The van der Waals surface area contributed by atoms with Gasteiger partial charge in [-0.25, -0.2) is 0 Å². The lowest BCUT2D eigenvalue weighted by atomic mass is 10.1. The minimum atomic E-state index is -4.77. The molecule has 0 radical (unpaired) electrons. The SMILES string of the molecule is O=C(CN1C(=O)S/C(=C/c2ccc(Oc3ccc(C(F)(F)F)cc3[N+](=O)[O-])c(Br)c2)C1=O)c1ccc(Cl)cc1. The van der Waals surface area contributed by atoms with Crippen molar-refractivity contribution < 1.29 is 37.2 Å². The van der Waals surface area contributed by atoms with E-state index in [-0.39, 0.29) is 20.7 Å². The van der Waals surface area contributed by atoms with E-state index in [9.17, 15) is 37.7 Å². The Morgan fingerprint density at radius 2 is 1.74 bits per heavy atom. The van der Waals surface area contributed by atoms with Crippen molar-refractivity contribution in [3.05, 3.63) is 102 Å². The Morgan fingerprint density at radius 3 is 2.36 bits per heavy atom. The molecular weight excluding hydrogens is 629 g/mol. The van der Waals surface area contributed by atoms with Crippen molar-refractivity contribution in [3.63, 3.8) is 0 Å². The minimum absolute atomic E-state index is 0.0525. The maximum absolute atomic E-state index is 12.9. The molecule has 1 fully saturated rings. The summed E-state index contributed by atoms with van der Waals surface area (Å²) < 4.78 is 44.6. The van der Waals surface area contributed by atoms with E-state index < -0.39 is 51.6 Å². The molecule has 200 valence electrons. The number of hydrogen-bond donors (Lipinski definition) is 0. The number of ether oxygens (including phenoxy) is 1. The Morgan fingerprint density at radius 1 is 1.08 bits per heavy atom. The summed E-state index contributed by atoms with van der Waals surface area (Å²) in [4.78, 5) is 48.9. The summed E-state index contributed by atoms with van der Waals surface area (Å²) >= 11 is 9.70. The van der Waals surface area contributed by atoms with Crippen molar-refractivity contribution in [1.29, 1.82) is 0 Å². The molecule has 0 N–H and O–H groups in total. The second-order valence-corrected chi connectivity index (χ2v) is 10.2. The number of carbonyl (C=O) groups is 3. The first-order valence-corrected chi connectivity index (χ1v) is 12.7. The van der Waals surface area contributed by atoms with E-state index in [1.165, 1.54) is 48.5 Å². The molecule has 39 heavy (non-hydrogen) atoms. The number of benzene rings is 3. The maximum atomic E-state index is 12.9. The van der Waals surface area contributed by atoms with Gasteiger partial charge in [0.1, 0.15) is 5.75 Å². The van der Waals surface area contributed by atoms with Crippen molar-refractivity contribution >= 4 is 68.0 Å². The van der Waals surface area contributed by atoms with Crippen LogP contribution in [0.1, 0.15) is 21.5 Å². The van der Waals surface area contributed by atoms with Crippen LogP contribution >= 0.6 is 39.3 Å². The molecule has 1 saturated heterocycles. The van der Waals surface area contributed by atoms with Gasteiger partial charge in [-0.3, -0.25) is 29.4 Å². The molecule has 1 aliphatic rings. The second kappa shape index (κ2) is 11.2. The van der Waals surface area contributed by atoms with Crippen LogP contribution in [0, 0.1) is 10.1 Å². The summed E-state index contributed by atoms with van der Waals surface area (Å²) in [6.45, 7) is -0.452. The Kier molecular flexibility index (Phi) is 8.14. The van der Waals surface area contributed by atoms with Gasteiger partial charge >= 0.3 is 11.9 Å². The Labute approximate surface area is 235 Å². The van der Waals surface area contributed by atoms with Gasteiger partial charge in [0.05, 0.1) is 26.4 Å². The lowest BCUT2D eigenvalue weighted by molar-refractivity contribution is -0.385. The highest BCUT2D eigenvalue weighted by Gasteiger charge is 2.36. The molecule has 0 aliphatic carbocycles. The largest absolute Gasteiger partial charge is 0.449 e. The second-order valence-electron chi connectivity index (χ2n) is 7.93. The molecule has 1 aliphatic heterocycles. The number of alkyl halides is 3. The molecule has 3 aromatic carbocycles. The first-order chi connectivity index (χ1) is 18.3. The molecule has 4 rings (SSSR count). The average Bonchev–Trinajstić information content (AvgIpc) is 3.12. The zero-order valence-corrected chi connectivity index (χ0v) is 22.4. The number of thioether (sulfide) groups is 1. The molecule has 14 heteroatoms. The van der Waals surface area contributed by atoms with Gasteiger partial charge in [-0.15, -0.1) is 0 Å². The highest BCUT2D eigenvalue weighted by molar-refractivity contribution is 9.10. The summed E-state index contributed by atoms with van der Waals surface area (Å²) in [7, 11) is 0. The van der Waals surface area contributed by atoms with Crippen LogP contribution in [0.25, 0.3) is 6.08 Å². The van der Waals surface area contributed by atoms with Crippen LogP contribution in [0.2, 0.25) is 5.02 Å². The van der Waals surface area contributed by atoms with Crippen LogP contribution in [0.15, 0.2) is 70.0 Å². The van der Waals surface area contributed by atoms with Crippen LogP contribution in [0.4, 0.5) is 23.7 Å². The lowest BCUT2D eigenvalue weighted by Gasteiger charge is -2.12. The van der Waals surface area contributed by atoms with E-state index in [4.69, 9.17) is 16.3 Å². The number of nitro benzene ring substituents is 1. The average molecular weight is 642 g/mol. The van der Waals surface area contributed by atoms with Crippen LogP contribution in [0.3, 0.4) is 0 Å². The number of hydrogen-bond acceptors (Lipinski definition) is 7. The quantitative estimate of drug-likeness (QED) is 0.112. The summed E-state index contributed by atoms with van der Waals surface area (Å²) in [6.07, 6.45) is -3.36. The summed E-state index contributed by atoms with van der Waals surface area (Å²) in [5, 5.41) is 11.1. The fraction of sp³-hybridized carbons (Fsp3) is 0.0800.